The zero-order valence-corrected chi connectivity index (χ0v) is 11.3. The largest absolute Gasteiger partial charge is 0.399 e. The second-order valence-corrected chi connectivity index (χ2v) is 4.59. The quantitative estimate of drug-likeness (QED) is 0.433. The van der Waals surface area contributed by atoms with Crippen molar-refractivity contribution in [3.05, 3.63) is 42.1 Å². The number of nitrogens with one attached hydrogen (secondary N) is 2. The minimum absolute atomic E-state index is 0.0772. The van der Waals surface area contributed by atoms with Crippen LogP contribution in [0.4, 0.5) is 5.69 Å². The van der Waals surface area contributed by atoms with E-state index < -0.39 is 0 Å². The minimum atomic E-state index is -0.221. The van der Waals surface area contributed by atoms with E-state index in [0.29, 0.717) is 23.8 Å². The number of nitrogens with zero attached hydrogens (tertiary/aromatic N) is 2. The summed E-state index contributed by atoms with van der Waals surface area (Å²) in [5.41, 5.74) is 10.7. The van der Waals surface area contributed by atoms with Crippen LogP contribution < -0.4 is 16.5 Å². The molecule has 0 spiro atoms. The van der Waals surface area contributed by atoms with Crippen LogP contribution in [0.15, 0.2) is 46.6 Å². The van der Waals surface area contributed by atoms with Gasteiger partial charge in [-0.25, -0.2) is 10.4 Å². The Morgan fingerprint density at radius 3 is 2.90 bits per heavy atom. The molecule has 1 heterocycles. The van der Waals surface area contributed by atoms with E-state index in [1.165, 1.54) is 6.92 Å². The number of carbonyl (C=O) groups is 1. The number of nitrogens with two attached hydrogens (primary N) is 1. The first-order valence-electron chi connectivity index (χ1n) is 6.22. The van der Waals surface area contributed by atoms with Crippen molar-refractivity contribution >= 4 is 23.6 Å². The average Bonchev–Trinajstić information content (AvgIpc) is 2.72. The van der Waals surface area contributed by atoms with Crippen LogP contribution in [0, 0.1) is 0 Å². The van der Waals surface area contributed by atoms with Crippen LogP contribution in [0.3, 0.4) is 0 Å². The molecule has 1 unspecified atom stereocenters. The minimum Gasteiger partial charge on any atom is -0.399 e. The molecule has 6 nitrogen and oxygen atoms in total. The van der Waals surface area contributed by atoms with Gasteiger partial charge in [-0.1, -0.05) is 18.7 Å². The molecular weight excluding hydrogens is 254 g/mol. The molecule has 0 aliphatic carbocycles. The number of Topliss-reactive ketones (excluding diaryl/α,β-unsaturated/α-hetero) is 1. The Labute approximate surface area is 117 Å². The van der Waals surface area contributed by atoms with Gasteiger partial charge in [-0.3, -0.25) is 4.79 Å². The van der Waals surface area contributed by atoms with Crippen molar-refractivity contribution < 1.29 is 4.79 Å². The van der Waals surface area contributed by atoms with Crippen molar-refractivity contribution in [2.24, 2.45) is 10.1 Å². The van der Waals surface area contributed by atoms with E-state index in [1.807, 2.05) is 12.1 Å². The lowest BCUT2D eigenvalue weighted by Gasteiger charge is -2.04. The van der Waals surface area contributed by atoms with Gasteiger partial charge in [0.15, 0.2) is 0 Å². The fourth-order valence-corrected chi connectivity index (χ4v) is 1.75. The lowest BCUT2D eigenvalue weighted by Crippen LogP contribution is -2.29. The maximum atomic E-state index is 11.1. The Morgan fingerprint density at radius 1 is 1.55 bits per heavy atom. The summed E-state index contributed by atoms with van der Waals surface area (Å²) in [7, 11) is 0. The van der Waals surface area contributed by atoms with Crippen LogP contribution in [0.1, 0.15) is 18.9 Å². The number of carbonyl (C=O) groups excluding carboxylic acids is 1. The molecule has 104 valence electrons. The zero-order chi connectivity index (χ0) is 14.5. The predicted molar refractivity (Wildman–Crippen MR) is 80.4 cm³/mol. The highest BCUT2D eigenvalue weighted by atomic mass is 16.1. The molecule has 4 N–H and O–H groups in total. The van der Waals surface area contributed by atoms with Crippen LogP contribution in [0.2, 0.25) is 0 Å². The van der Waals surface area contributed by atoms with E-state index in [9.17, 15) is 4.79 Å². The fraction of sp³-hybridized carbons (Fsp3) is 0.214. The van der Waals surface area contributed by atoms with Gasteiger partial charge in [-0.2, -0.15) is 5.10 Å². The maximum absolute atomic E-state index is 11.1. The summed E-state index contributed by atoms with van der Waals surface area (Å²) in [5.74, 6) is 0.571. The first-order valence-corrected chi connectivity index (χ1v) is 6.22. The highest BCUT2D eigenvalue weighted by Crippen LogP contribution is 2.12. The van der Waals surface area contributed by atoms with Crippen LogP contribution in [0.5, 0.6) is 0 Å². The molecule has 1 aromatic rings. The topological polar surface area (TPSA) is 91.9 Å². The van der Waals surface area contributed by atoms with E-state index in [0.717, 1.165) is 5.56 Å². The molecule has 0 fully saturated rings. The number of rotatable bonds is 4. The third kappa shape index (κ3) is 3.68. The predicted octanol–water partition coefficient (Wildman–Crippen LogP) is 1.01. The third-order valence-electron chi connectivity index (χ3n) is 2.77. The average molecular weight is 271 g/mol. The van der Waals surface area contributed by atoms with E-state index in [2.05, 4.69) is 27.4 Å². The van der Waals surface area contributed by atoms with Gasteiger partial charge >= 0.3 is 0 Å². The molecular formula is C14H17N5O. The van der Waals surface area contributed by atoms with Crippen molar-refractivity contribution in [3.8, 4) is 0 Å². The number of guanidine groups is 1. The Kier molecular flexibility index (Phi) is 4.14. The molecule has 0 radical (unpaired) electrons. The molecule has 6 heteroatoms. The van der Waals surface area contributed by atoms with Gasteiger partial charge in [0.1, 0.15) is 5.78 Å². The number of anilines is 1. The molecule has 1 aromatic carbocycles. The van der Waals surface area contributed by atoms with Crippen LogP contribution in [-0.4, -0.2) is 24.0 Å². The second-order valence-electron chi connectivity index (χ2n) is 4.59. The summed E-state index contributed by atoms with van der Waals surface area (Å²) in [6.07, 6.45) is 2.00. The summed E-state index contributed by atoms with van der Waals surface area (Å²) in [6.45, 7) is 5.37. The number of aliphatic imine (C=N–C) groups is 1. The van der Waals surface area contributed by atoms with E-state index >= 15 is 0 Å². The highest BCUT2D eigenvalue weighted by Gasteiger charge is 2.21. The molecule has 0 aromatic heterocycles. The molecule has 20 heavy (non-hydrogen) atoms. The van der Waals surface area contributed by atoms with E-state index in [1.54, 1.807) is 18.3 Å². The van der Waals surface area contributed by atoms with Gasteiger partial charge in [0.25, 0.3) is 0 Å². The van der Waals surface area contributed by atoms with Crippen LogP contribution in [0.25, 0.3) is 0 Å². The Morgan fingerprint density at radius 2 is 2.25 bits per heavy atom. The molecule has 0 amide bonds. The Balaban J connectivity index is 1.92. The van der Waals surface area contributed by atoms with E-state index in [-0.39, 0.29) is 11.8 Å². The summed E-state index contributed by atoms with van der Waals surface area (Å²) in [6, 6.07) is 7.11. The van der Waals surface area contributed by atoms with Gasteiger partial charge in [0.05, 0.1) is 12.3 Å². The summed E-state index contributed by atoms with van der Waals surface area (Å²) in [4.78, 5) is 15.4. The summed E-state index contributed by atoms with van der Waals surface area (Å²) < 4.78 is 0. The first kappa shape index (κ1) is 13.8. The fourth-order valence-electron chi connectivity index (χ4n) is 1.75. The van der Waals surface area contributed by atoms with Crippen molar-refractivity contribution in [1.29, 1.82) is 0 Å². The van der Waals surface area contributed by atoms with Gasteiger partial charge in [0, 0.05) is 17.8 Å². The number of ketones is 1. The molecule has 2 rings (SSSR count). The van der Waals surface area contributed by atoms with Crippen molar-refractivity contribution in [1.82, 2.24) is 10.7 Å². The van der Waals surface area contributed by atoms with Gasteiger partial charge in [-0.05, 0) is 24.6 Å². The number of nitrogen functional groups attached to an aromatic ring is 1. The van der Waals surface area contributed by atoms with Gasteiger partial charge in [-0.15, -0.1) is 0 Å². The second kappa shape index (κ2) is 6.01. The van der Waals surface area contributed by atoms with Crippen molar-refractivity contribution in [2.75, 3.05) is 5.73 Å². The zero-order valence-electron chi connectivity index (χ0n) is 11.3. The van der Waals surface area contributed by atoms with Crippen LogP contribution in [-0.2, 0) is 4.79 Å². The standard InChI is InChI=1S/C14H17N5O/c1-9(20)7-13-10(2)17-14(18-13)19-16-8-11-3-5-12(15)6-4-11/h3-6,8,13H,2,7,15H2,1H3,(H2,17,18,19)/b16-8+. The Bertz CT molecular complexity index is 574. The number of benzene rings is 1. The monoisotopic (exact) mass is 271 g/mol. The van der Waals surface area contributed by atoms with Gasteiger partial charge < -0.3 is 11.1 Å². The lowest BCUT2D eigenvalue weighted by molar-refractivity contribution is -0.117. The molecule has 0 saturated heterocycles. The normalized spacial score (nSPS) is 17.9. The first-order chi connectivity index (χ1) is 9.54. The van der Waals surface area contributed by atoms with E-state index in [4.69, 9.17) is 5.73 Å². The van der Waals surface area contributed by atoms with Gasteiger partial charge in [0.2, 0.25) is 5.96 Å². The highest BCUT2D eigenvalue weighted by molar-refractivity contribution is 5.87. The molecule has 1 aliphatic heterocycles. The number of hydrogen-bond donors (Lipinski definition) is 3. The summed E-state index contributed by atoms with van der Waals surface area (Å²) >= 11 is 0. The van der Waals surface area contributed by atoms with Crippen molar-refractivity contribution in [3.63, 3.8) is 0 Å². The van der Waals surface area contributed by atoms with Crippen molar-refractivity contribution in [2.45, 2.75) is 19.4 Å². The molecule has 1 atom stereocenters. The summed E-state index contributed by atoms with van der Waals surface area (Å²) in [5, 5.41) is 7.03. The third-order valence-corrected chi connectivity index (χ3v) is 2.77. The molecule has 0 saturated carbocycles. The lowest BCUT2D eigenvalue weighted by atomic mass is 10.1. The smallest absolute Gasteiger partial charge is 0.217 e. The maximum Gasteiger partial charge on any atom is 0.217 e. The Hall–Kier alpha value is -2.63. The SMILES string of the molecule is C=C1NC(N/N=C/c2ccc(N)cc2)=NC1CC(C)=O. The number of hydrogen-bond acceptors (Lipinski definition) is 6. The number of hydrazone groups is 1. The molecule has 1 aliphatic rings. The van der Waals surface area contributed by atoms with Crippen LogP contribution >= 0.6 is 0 Å². The molecule has 0 bridgehead atoms.